The highest BCUT2D eigenvalue weighted by Gasteiger charge is 2.23. The molecule has 6 nitrogen and oxygen atoms in total. The van der Waals surface area contributed by atoms with Gasteiger partial charge < -0.3 is 8.98 Å². The number of hydrogen-bond acceptors (Lipinski definition) is 5. The summed E-state index contributed by atoms with van der Waals surface area (Å²) in [7, 11) is 0. The van der Waals surface area contributed by atoms with Crippen molar-refractivity contribution in [1.82, 2.24) is 24.5 Å². The Balaban J connectivity index is 1.20. The van der Waals surface area contributed by atoms with Gasteiger partial charge in [-0.2, -0.15) is 0 Å². The molecule has 56 heavy (non-hydrogen) atoms. The van der Waals surface area contributed by atoms with Crippen molar-refractivity contribution < 1.29 is 4.42 Å². The molecule has 0 saturated carbocycles. The van der Waals surface area contributed by atoms with E-state index in [1.54, 1.807) is 0 Å². The molecule has 11 rings (SSSR count). The standard InChI is InChI=1S/C50H31N5O/c1-5-16-32(17-6-1)47-52-48(33-18-7-2-8-19-33)54-49(53-47)37-23-15-22-35(30-37)40-31-36-28-29-41-46(56-50(51-41)34-20-9-3-10-21-34)43(36)44-39-26-13-14-27-42(39)55(45(40)44)38-24-11-4-12-25-38/h1-31H. The summed E-state index contributed by atoms with van der Waals surface area (Å²) < 4.78 is 9.09. The first-order chi connectivity index (χ1) is 27.8. The van der Waals surface area contributed by atoms with Crippen LogP contribution in [0.5, 0.6) is 0 Å². The van der Waals surface area contributed by atoms with Crippen molar-refractivity contribution in [1.29, 1.82) is 0 Å². The summed E-state index contributed by atoms with van der Waals surface area (Å²) in [5.74, 6) is 2.47. The Morgan fingerprint density at radius 2 is 0.964 bits per heavy atom. The van der Waals surface area contributed by atoms with Crippen LogP contribution in [0.3, 0.4) is 0 Å². The van der Waals surface area contributed by atoms with Gasteiger partial charge in [-0.05, 0) is 59.5 Å². The molecule has 6 heteroatoms. The molecule has 3 heterocycles. The molecule has 0 radical (unpaired) electrons. The number of para-hydroxylation sites is 2. The number of hydrogen-bond donors (Lipinski definition) is 0. The highest BCUT2D eigenvalue weighted by molar-refractivity contribution is 6.29. The number of nitrogens with zero attached hydrogens (tertiary/aromatic N) is 5. The second-order valence-corrected chi connectivity index (χ2v) is 13.9. The van der Waals surface area contributed by atoms with Gasteiger partial charge in [-0.25, -0.2) is 19.9 Å². The van der Waals surface area contributed by atoms with Crippen LogP contribution in [0.4, 0.5) is 0 Å². The molecule has 8 aromatic carbocycles. The topological polar surface area (TPSA) is 69.6 Å². The molecule has 0 saturated heterocycles. The lowest BCUT2D eigenvalue weighted by molar-refractivity contribution is 0.623. The Bertz CT molecular complexity index is 3170. The summed E-state index contributed by atoms with van der Waals surface area (Å²) in [5.41, 5.74) is 10.7. The fourth-order valence-electron chi connectivity index (χ4n) is 7.89. The van der Waals surface area contributed by atoms with E-state index in [4.69, 9.17) is 24.4 Å². The quantitative estimate of drug-likeness (QED) is 0.171. The summed E-state index contributed by atoms with van der Waals surface area (Å²) in [6.07, 6.45) is 0. The van der Waals surface area contributed by atoms with Crippen molar-refractivity contribution in [2.45, 2.75) is 0 Å². The Morgan fingerprint density at radius 1 is 0.411 bits per heavy atom. The first-order valence-electron chi connectivity index (χ1n) is 18.6. The van der Waals surface area contributed by atoms with E-state index in [9.17, 15) is 0 Å². The Kier molecular flexibility index (Phi) is 7.38. The van der Waals surface area contributed by atoms with Crippen LogP contribution in [0, 0.1) is 0 Å². The van der Waals surface area contributed by atoms with Crippen molar-refractivity contribution in [3.63, 3.8) is 0 Å². The van der Waals surface area contributed by atoms with E-state index in [0.717, 1.165) is 82.7 Å². The maximum atomic E-state index is 6.71. The van der Waals surface area contributed by atoms with E-state index in [1.807, 2.05) is 91.0 Å². The minimum atomic E-state index is 0.604. The van der Waals surface area contributed by atoms with E-state index < -0.39 is 0 Å². The predicted molar refractivity (Wildman–Crippen MR) is 226 cm³/mol. The molecular formula is C50H31N5O. The Morgan fingerprint density at radius 3 is 1.64 bits per heavy atom. The van der Waals surface area contributed by atoms with Gasteiger partial charge in [0.25, 0.3) is 0 Å². The Hall–Kier alpha value is -7.70. The maximum Gasteiger partial charge on any atom is 0.227 e. The average Bonchev–Trinajstić information content (AvgIpc) is 3.88. The van der Waals surface area contributed by atoms with Gasteiger partial charge in [0.05, 0.1) is 11.0 Å². The van der Waals surface area contributed by atoms with Gasteiger partial charge >= 0.3 is 0 Å². The molecule has 3 aromatic heterocycles. The van der Waals surface area contributed by atoms with Gasteiger partial charge in [-0.1, -0.05) is 140 Å². The molecular weight excluding hydrogens is 687 g/mol. The number of oxazole rings is 1. The van der Waals surface area contributed by atoms with E-state index >= 15 is 0 Å². The summed E-state index contributed by atoms with van der Waals surface area (Å²) in [6.45, 7) is 0. The van der Waals surface area contributed by atoms with Crippen LogP contribution < -0.4 is 0 Å². The highest BCUT2D eigenvalue weighted by atomic mass is 16.3. The average molecular weight is 718 g/mol. The predicted octanol–water partition coefficient (Wildman–Crippen LogP) is 12.6. The fraction of sp³-hybridized carbons (Fsp3) is 0. The fourth-order valence-corrected chi connectivity index (χ4v) is 7.89. The molecule has 0 aliphatic heterocycles. The summed E-state index contributed by atoms with van der Waals surface area (Å²) in [6, 6.07) is 64.5. The van der Waals surface area contributed by atoms with Crippen LogP contribution in [-0.4, -0.2) is 24.5 Å². The van der Waals surface area contributed by atoms with E-state index in [1.165, 1.54) is 0 Å². The lowest BCUT2D eigenvalue weighted by Gasteiger charge is -2.14. The minimum Gasteiger partial charge on any atom is -0.435 e. The lowest BCUT2D eigenvalue weighted by atomic mass is 9.94. The molecule has 0 N–H and O–H groups in total. The van der Waals surface area contributed by atoms with Gasteiger partial charge in [-0.3, -0.25) is 0 Å². The summed E-state index contributed by atoms with van der Waals surface area (Å²) in [4.78, 5) is 20.0. The van der Waals surface area contributed by atoms with Crippen molar-refractivity contribution in [3.05, 3.63) is 188 Å². The SMILES string of the molecule is c1ccc(-c2nc(-c3ccccc3)nc(-c3cccc(-c4cc5ccc6nc(-c7ccccc7)oc6c5c5c6ccccc6n(-c6ccccc6)c45)c3)n2)cc1. The van der Waals surface area contributed by atoms with Gasteiger partial charge in [0.2, 0.25) is 5.89 Å². The van der Waals surface area contributed by atoms with Crippen molar-refractivity contribution in [2.24, 2.45) is 0 Å². The number of rotatable bonds is 6. The van der Waals surface area contributed by atoms with Crippen LogP contribution >= 0.6 is 0 Å². The van der Waals surface area contributed by atoms with Crippen LogP contribution in [0.2, 0.25) is 0 Å². The lowest BCUT2D eigenvalue weighted by Crippen LogP contribution is -2.00. The number of benzene rings is 8. The first-order valence-corrected chi connectivity index (χ1v) is 18.6. The van der Waals surface area contributed by atoms with Crippen LogP contribution in [0.1, 0.15) is 0 Å². The van der Waals surface area contributed by atoms with Gasteiger partial charge in [0.1, 0.15) is 5.52 Å². The van der Waals surface area contributed by atoms with Gasteiger partial charge in [0, 0.05) is 49.7 Å². The van der Waals surface area contributed by atoms with Crippen LogP contribution in [0.25, 0.3) is 106 Å². The summed E-state index contributed by atoms with van der Waals surface area (Å²) >= 11 is 0. The zero-order chi connectivity index (χ0) is 37.0. The second-order valence-electron chi connectivity index (χ2n) is 13.9. The third-order valence-corrected chi connectivity index (χ3v) is 10.4. The molecule has 0 unspecified atom stereocenters. The molecule has 0 spiro atoms. The number of aromatic nitrogens is 5. The molecule has 0 bridgehead atoms. The third kappa shape index (κ3) is 5.27. The number of fused-ring (bicyclic) bond motifs is 7. The molecule has 0 amide bonds. The monoisotopic (exact) mass is 717 g/mol. The van der Waals surface area contributed by atoms with Crippen LogP contribution in [0.15, 0.2) is 192 Å². The minimum absolute atomic E-state index is 0.604. The van der Waals surface area contributed by atoms with E-state index in [0.29, 0.717) is 23.4 Å². The Labute approximate surface area is 322 Å². The van der Waals surface area contributed by atoms with E-state index in [-0.39, 0.29) is 0 Å². The molecule has 0 fully saturated rings. The molecule has 262 valence electrons. The molecule has 0 atom stereocenters. The second kappa shape index (κ2) is 13.0. The first kappa shape index (κ1) is 31.8. The van der Waals surface area contributed by atoms with Crippen molar-refractivity contribution in [2.75, 3.05) is 0 Å². The van der Waals surface area contributed by atoms with Gasteiger partial charge in [0.15, 0.2) is 23.1 Å². The zero-order valence-electron chi connectivity index (χ0n) is 30.0. The molecule has 11 aromatic rings. The highest BCUT2D eigenvalue weighted by Crippen LogP contribution is 2.45. The van der Waals surface area contributed by atoms with Crippen LogP contribution in [-0.2, 0) is 0 Å². The van der Waals surface area contributed by atoms with Crippen molar-refractivity contribution in [3.8, 4) is 62.4 Å². The van der Waals surface area contributed by atoms with E-state index in [2.05, 4.69) is 102 Å². The maximum absolute atomic E-state index is 6.71. The molecule has 0 aliphatic rings. The van der Waals surface area contributed by atoms with Gasteiger partial charge in [-0.15, -0.1) is 0 Å². The summed E-state index contributed by atoms with van der Waals surface area (Å²) in [5, 5.41) is 4.35. The normalized spacial score (nSPS) is 11.6. The van der Waals surface area contributed by atoms with Crippen molar-refractivity contribution >= 4 is 43.7 Å². The third-order valence-electron chi connectivity index (χ3n) is 10.4. The zero-order valence-corrected chi connectivity index (χ0v) is 30.0. The largest absolute Gasteiger partial charge is 0.435 e. The molecule has 0 aliphatic carbocycles. The smallest absolute Gasteiger partial charge is 0.227 e.